The van der Waals surface area contributed by atoms with Gasteiger partial charge in [-0.25, -0.2) is 33.7 Å². The van der Waals surface area contributed by atoms with Gasteiger partial charge in [0.15, 0.2) is 19.7 Å². The molecule has 0 saturated heterocycles. The molecule has 0 amide bonds. The Labute approximate surface area is 381 Å². The van der Waals surface area contributed by atoms with Gasteiger partial charge in [0.1, 0.15) is 22.9 Å². The van der Waals surface area contributed by atoms with Gasteiger partial charge >= 0.3 is 18.9 Å². The van der Waals surface area contributed by atoms with Crippen molar-refractivity contribution in [3.05, 3.63) is 107 Å². The SMILES string of the molecule is CCS(=O)(=O)c1ccc(O)c(N/N=C2\C(=O)C=Cc3cccc(NS(C)(=O)=O)c32)c1.CCS(=O)(=O)c1ccc(O)c(N/N=C2\C(=O)C=Cc3cccc(NS(C)(=O)=O)c32)c1.[Cr].[Li+]. The van der Waals surface area contributed by atoms with Gasteiger partial charge in [-0.1, -0.05) is 50.3 Å². The standard InChI is InChI=1S/2C19H19N3O6S2.Cr.Li/c2*1-3-30(27,28)13-8-10-16(23)15(11-13)20-21-19-17(24)9-7-12-5-4-6-14(18(12)19)22-29(2,25)26;;/h2*4-11,20,22-23H,3H2,1-2H3;;/q;;;+1/b2*21-19+;;. The van der Waals surface area contributed by atoms with Crippen LogP contribution in [-0.2, 0) is 66.7 Å². The second-order valence-corrected chi connectivity index (χ2v) is 21.0. The number of phenols is 2. The number of rotatable bonds is 12. The number of sulfonamides is 2. The summed E-state index contributed by atoms with van der Waals surface area (Å²) in [7, 11) is -14.3. The second kappa shape index (κ2) is 20.3. The first kappa shape index (κ1) is 51.1. The Bertz CT molecular complexity index is 2810. The van der Waals surface area contributed by atoms with Gasteiger partial charge in [-0.05, 0) is 71.8 Å². The van der Waals surface area contributed by atoms with E-state index < -0.39 is 51.3 Å². The monoisotopic (exact) mass is 957 g/mol. The molecule has 0 spiro atoms. The minimum atomic E-state index is -3.62. The number of phenolic OH excluding ortho intramolecular Hbond substituents is 2. The van der Waals surface area contributed by atoms with Crippen LogP contribution in [-0.4, -0.2) is 90.9 Å². The van der Waals surface area contributed by atoms with Crippen LogP contribution >= 0.6 is 0 Å². The first-order valence-corrected chi connectivity index (χ1v) is 24.6. The molecule has 0 aromatic heterocycles. The number of benzene rings is 4. The summed E-state index contributed by atoms with van der Waals surface area (Å²) in [5.74, 6) is -1.76. The van der Waals surface area contributed by atoms with Crippen LogP contribution in [0.15, 0.2) is 105 Å². The molecule has 4 aromatic carbocycles. The molecule has 0 unspecified atom stereocenters. The van der Waals surface area contributed by atoms with Gasteiger partial charge in [0.25, 0.3) is 0 Å². The molecule has 2 aliphatic rings. The number of hydrogen-bond donors (Lipinski definition) is 6. The van der Waals surface area contributed by atoms with E-state index in [0.29, 0.717) is 11.1 Å². The topological polar surface area (TPSA) is 284 Å². The van der Waals surface area contributed by atoms with Crippen LogP contribution in [0.1, 0.15) is 36.1 Å². The first-order chi connectivity index (χ1) is 28.0. The van der Waals surface area contributed by atoms with Gasteiger partial charge in [-0.3, -0.25) is 29.9 Å². The Balaban J connectivity index is 0.000000320. The largest absolute Gasteiger partial charge is 1.00 e. The molecular formula is C38H38CrLiN6O12S4+. The third kappa shape index (κ3) is 12.5. The Kier molecular flexibility index (Phi) is 16.7. The zero-order valence-corrected chi connectivity index (χ0v) is 38.1. The van der Waals surface area contributed by atoms with E-state index in [4.69, 9.17) is 0 Å². The van der Waals surface area contributed by atoms with Crippen molar-refractivity contribution in [3.63, 3.8) is 0 Å². The van der Waals surface area contributed by atoms with Crippen molar-refractivity contribution in [1.29, 1.82) is 0 Å². The van der Waals surface area contributed by atoms with Gasteiger partial charge in [-0.15, -0.1) is 0 Å². The molecule has 0 aliphatic heterocycles. The van der Waals surface area contributed by atoms with E-state index in [0.717, 1.165) is 12.5 Å². The van der Waals surface area contributed by atoms with Crippen LogP contribution in [0.2, 0.25) is 0 Å². The fraction of sp³-hybridized carbons (Fsp3) is 0.158. The van der Waals surface area contributed by atoms with Crippen molar-refractivity contribution < 1.29 is 89.7 Å². The Hall–Kier alpha value is -5.23. The molecule has 322 valence electrons. The summed E-state index contributed by atoms with van der Waals surface area (Å²) < 4.78 is 99.9. The Morgan fingerprint density at radius 3 is 1.21 bits per heavy atom. The van der Waals surface area contributed by atoms with Gasteiger partial charge in [0.05, 0.1) is 56.6 Å². The van der Waals surface area contributed by atoms with Gasteiger partial charge < -0.3 is 10.2 Å². The number of sulfone groups is 2. The smallest absolute Gasteiger partial charge is 0.506 e. The molecule has 0 fully saturated rings. The van der Waals surface area contributed by atoms with Crippen molar-refractivity contribution in [2.75, 3.05) is 44.3 Å². The molecule has 0 atom stereocenters. The maximum absolute atomic E-state index is 12.5. The number of nitrogens with zero attached hydrogens (tertiary/aromatic N) is 2. The molecule has 6 rings (SSSR count). The quantitative estimate of drug-likeness (QED) is 0.0655. The number of nitrogens with one attached hydrogen (secondary N) is 4. The molecule has 6 N–H and O–H groups in total. The summed E-state index contributed by atoms with van der Waals surface area (Å²) in [6, 6.07) is 17.0. The molecule has 4 aromatic rings. The first-order valence-electron chi connectivity index (χ1n) is 17.5. The number of hydrazone groups is 2. The van der Waals surface area contributed by atoms with Gasteiger partial charge in [-0.2, -0.15) is 10.2 Å². The van der Waals surface area contributed by atoms with Crippen molar-refractivity contribution in [2.45, 2.75) is 23.6 Å². The average Bonchev–Trinajstić information content (AvgIpc) is 3.17. The van der Waals surface area contributed by atoms with E-state index in [-0.39, 0.29) is 114 Å². The summed E-state index contributed by atoms with van der Waals surface area (Å²) in [4.78, 5) is 24.9. The minimum Gasteiger partial charge on any atom is -0.506 e. The zero-order chi connectivity index (χ0) is 44.2. The summed E-state index contributed by atoms with van der Waals surface area (Å²) in [6.07, 6.45) is 7.61. The molecule has 0 heterocycles. The summed E-state index contributed by atoms with van der Waals surface area (Å²) in [5.41, 5.74) is 6.81. The predicted molar refractivity (Wildman–Crippen MR) is 230 cm³/mol. The van der Waals surface area contributed by atoms with Gasteiger partial charge in [0.2, 0.25) is 31.6 Å². The number of ketones is 2. The summed E-state index contributed by atoms with van der Waals surface area (Å²) >= 11 is 0. The zero-order valence-electron chi connectivity index (χ0n) is 33.6. The number of anilines is 4. The van der Waals surface area contributed by atoms with Crippen molar-refractivity contribution in [1.82, 2.24) is 0 Å². The number of aromatic hydroxyl groups is 2. The molecule has 18 nitrogen and oxygen atoms in total. The Morgan fingerprint density at radius 2 is 0.887 bits per heavy atom. The van der Waals surface area contributed by atoms with Gasteiger partial charge in [0, 0.05) is 28.5 Å². The van der Waals surface area contributed by atoms with Crippen LogP contribution in [0.3, 0.4) is 0 Å². The third-order valence-electron chi connectivity index (χ3n) is 8.54. The fourth-order valence-corrected chi connectivity index (χ4v) is 8.59. The van der Waals surface area contributed by atoms with Crippen LogP contribution in [0.4, 0.5) is 22.7 Å². The van der Waals surface area contributed by atoms with Crippen LogP contribution in [0, 0.1) is 0 Å². The van der Waals surface area contributed by atoms with E-state index in [1.807, 2.05) is 0 Å². The van der Waals surface area contributed by atoms with E-state index in [1.54, 1.807) is 24.3 Å². The van der Waals surface area contributed by atoms with E-state index in [1.165, 1.54) is 86.7 Å². The molecule has 2 aliphatic carbocycles. The molecule has 0 radical (unpaired) electrons. The van der Waals surface area contributed by atoms with Crippen molar-refractivity contribution in [3.8, 4) is 11.5 Å². The molecular weight excluding hydrogens is 920 g/mol. The molecule has 62 heavy (non-hydrogen) atoms. The van der Waals surface area contributed by atoms with E-state index in [2.05, 4.69) is 30.5 Å². The van der Waals surface area contributed by atoms with Crippen molar-refractivity contribution >= 4 is 97.6 Å². The third-order valence-corrected chi connectivity index (χ3v) is 13.2. The predicted octanol–water partition coefficient (Wildman–Crippen LogP) is 0.940. The van der Waals surface area contributed by atoms with Crippen LogP contribution < -0.4 is 39.2 Å². The number of carbonyl (C=O) groups excluding carboxylic acids is 2. The van der Waals surface area contributed by atoms with E-state index in [9.17, 15) is 53.5 Å². The van der Waals surface area contributed by atoms with Crippen LogP contribution in [0.5, 0.6) is 11.5 Å². The van der Waals surface area contributed by atoms with Crippen molar-refractivity contribution in [2.24, 2.45) is 10.2 Å². The summed E-state index contributed by atoms with van der Waals surface area (Å²) in [6.45, 7) is 2.99. The minimum absolute atomic E-state index is 0. The van der Waals surface area contributed by atoms with Crippen LogP contribution in [0.25, 0.3) is 12.2 Å². The number of hydrogen-bond acceptors (Lipinski definition) is 16. The number of allylic oxidation sites excluding steroid dienone is 2. The van der Waals surface area contributed by atoms with E-state index >= 15 is 0 Å². The maximum atomic E-state index is 12.5. The molecule has 0 bridgehead atoms. The number of carbonyl (C=O) groups is 2. The number of fused-ring (bicyclic) bond motifs is 2. The normalized spacial score (nSPS) is 14.6. The summed E-state index contributed by atoms with van der Waals surface area (Å²) in [5, 5.41) is 28.2. The molecule has 0 saturated carbocycles. The maximum Gasteiger partial charge on any atom is 1.00 e. The molecule has 24 heteroatoms. The second-order valence-electron chi connectivity index (χ2n) is 13.0. The fourth-order valence-electron chi connectivity index (χ4n) is 5.64. The average molecular weight is 958 g/mol. The Morgan fingerprint density at radius 1 is 0.532 bits per heavy atom.